The number of nitrogens with one attached hydrogen (secondary N) is 2. The van der Waals surface area contributed by atoms with E-state index in [1.165, 1.54) is 0 Å². The molecule has 0 radical (unpaired) electrons. The van der Waals surface area contributed by atoms with Crippen LogP contribution < -0.4 is 16.4 Å². The summed E-state index contributed by atoms with van der Waals surface area (Å²) in [5, 5.41) is 6.52. The van der Waals surface area contributed by atoms with E-state index in [0.29, 0.717) is 18.8 Å². The summed E-state index contributed by atoms with van der Waals surface area (Å²) in [6.07, 6.45) is 0.925. The maximum absolute atomic E-state index is 5.32. The van der Waals surface area contributed by atoms with Crippen molar-refractivity contribution in [3.63, 3.8) is 0 Å². The molecule has 0 aromatic carbocycles. The van der Waals surface area contributed by atoms with Crippen LogP contribution in [0.5, 0.6) is 0 Å². The quantitative estimate of drug-likeness (QED) is 0.338. The molecular weight excluding hydrogens is 154 g/mol. The van der Waals surface area contributed by atoms with Gasteiger partial charge < -0.3 is 21.1 Å². The summed E-state index contributed by atoms with van der Waals surface area (Å²) in [6, 6.07) is 0. The molecule has 72 valence electrons. The van der Waals surface area contributed by atoms with Crippen molar-refractivity contribution in [3.05, 3.63) is 0 Å². The highest BCUT2D eigenvalue weighted by Crippen LogP contribution is 2.19. The van der Waals surface area contributed by atoms with E-state index >= 15 is 0 Å². The Bertz CT molecular complexity index is 121. The summed E-state index contributed by atoms with van der Waals surface area (Å²) < 4.78 is 5.24. The lowest BCUT2D eigenvalue weighted by atomic mass is 10.3. The number of rotatable bonds is 7. The van der Waals surface area contributed by atoms with Crippen LogP contribution in [0.2, 0.25) is 0 Å². The SMILES string of the molecule is CC1OC1CNCCNCCN. The second-order valence-electron chi connectivity index (χ2n) is 3.12. The van der Waals surface area contributed by atoms with Crippen LogP contribution in [0.15, 0.2) is 0 Å². The van der Waals surface area contributed by atoms with Crippen molar-refractivity contribution < 1.29 is 4.74 Å². The van der Waals surface area contributed by atoms with E-state index in [4.69, 9.17) is 10.5 Å². The molecule has 0 aromatic rings. The number of hydrogen-bond donors (Lipinski definition) is 3. The Morgan fingerprint density at radius 2 is 1.92 bits per heavy atom. The second-order valence-corrected chi connectivity index (χ2v) is 3.12. The van der Waals surface area contributed by atoms with Crippen LogP contribution in [0.1, 0.15) is 6.92 Å². The third-order valence-electron chi connectivity index (χ3n) is 1.98. The topological polar surface area (TPSA) is 62.6 Å². The summed E-state index contributed by atoms with van der Waals surface area (Å²) in [6.45, 7) is 6.66. The molecule has 1 aliphatic rings. The molecule has 1 fully saturated rings. The molecule has 0 saturated carbocycles. The summed E-state index contributed by atoms with van der Waals surface area (Å²) in [5.41, 5.74) is 5.32. The van der Waals surface area contributed by atoms with Gasteiger partial charge in [-0.15, -0.1) is 0 Å². The zero-order valence-corrected chi connectivity index (χ0v) is 7.68. The van der Waals surface area contributed by atoms with Crippen molar-refractivity contribution in [2.75, 3.05) is 32.7 Å². The average molecular weight is 173 g/mol. The van der Waals surface area contributed by atoms with Crippen LogP contribution in [0.3, 0.4) is 0 Å². The molecule has 0 spiro atoms. The van der Waals surface area contributed by atoms with E-state index in [0.717, 1.165) is 26.2 Å². The Kier molecular flexibility index (Phi) is 4.53. The molecule has 4 N–H and O–H groups in total. The van der Waals surface area contributed by atoms with Crippen LogP contribution in [-0.4, -0.2) is 44.9 Å². The van der Waals surface area contributed by atoms with Crippen LogP contribution >= 0.6 is 0 Å². The van der Waals surface area contributed by atoms with Crippen molar-refractivity contribution >= 4 is 0 Å². The number of ether oxygens (including phenoxy) is 1. The molecule has 1 rings (SSSR count). The van der Waals surface area contributed by atoms with E-state index in [-0.39, 0.29) is 0 Å². The van der Waals surface area contributed by atoms with Gasteiger partial charge in [0.05, 0.1) is 12.2 Å². The monoisotopic (exact) mass is 173 g/mol. The van der Waals surface area contributed by atoms with E-state index in [1.807, 2.05) is 0 Å². The minimum atomic E-state index is 0.458. The van der Waals surface area contributed by atoms with Crippen molar-refractivity contribution in [1.29, 1.82) is 0 Å². The summed E-state index contributed by atoms with van der Waals surface area (Å²) in [5.74, 6) is 0. The molecule has 2 atom stereocenters. The van der Waals surface area contributed by atoms with Gasteiger partial charge in [0, 0.05) is 32.7 Å². The normalized spacial score (nSPS) is 27.5. The highest BCUT2D eigenvalue weighted by molar-refractivity contribution is 4.82. The van der Waals surface area contributed by atoms with Gasteiger partial charge in [-0.25, -0.2) is 0 Å². The van der Waals surface area contributed by atoms with Crippen LogP contribution in [0, 0.1) is 0 Å². The lowest BCUT2D eigenvalue weighted by molar-refractivity contribution is 0.371. The largest absolute Gasteiger partial charge is 0.369 e. The van der Waals surface area contributed by atoms with Crippen LogP contribution in [0.4, 0.5) is 0 Å². The van der Waals surface area contributed by atoms with Gasteiger partial charge in [-0.1, -0.05) is 0 Å². The van der Waals surface area contributed by atoms with Crippen molar-refractivity contribution in [2.45, 2.75) is 19.1 Å². The first-order chi connectivity index (χ1) is 5.84. The first-order valence-electron chi connectivity index (χ1n) is 4.61. The minimum Gasteiger partial charge on any atom is -0.369 e. The average Bonchev–Trinajstić information content (AvgIpc) is 2.74. The third-order valence-corrected chi connectivity index (χ3v) is 1.98. The van der Waals surface area contributed by atoms with Crippen molar-refractivity contribution in [3.8, 4) is 0 Å². The zero-order valence-electron chi connectivity index (χ0n) is 7.68. The molecular formula is C8H19N3O. The van der Waals surface area contributed by atoms with Gasteiger partial charge in [-0.05, 0) is 6.92 Å². The zero-order chi connectivity index (χ0) is 8.81. The van der Waals surface area contributed by atoms with E-state index in [2.05, 4.69) is 17.6 Å². The van der Waals surface area contributed by atoms with Gasteiger partial charge in [0.1, 0.15) is 0 Å². The van der Waals surface area contributed by atoms with Gasteiger partial charge in [-0.3, -0.25) is 0 Å². The highest BCUT2D eigenvalue weighted by atomic mass is 16.6. The lowest BCUT2D eigenvalue weighted by Gasteiger charge is -2.03. The molecule has 0 bridgehead atoms. The molecule has 12 heavy (non-hydrogen) atoms. The summed E-state index contributed by atoms with van der Waals surface area (Å²) >= 11 is 0. The molecule has 0 aromatic heterocycles. The number of nitrogens with two attached hydrogens (primary N) is 1. The molecule has 0 aliphatic carbocycles. The lowest BCUT2D eigenvalue weighted by Crippen LogP contribution is -2.32. The number of hydrogen-bond acceptors (Lipinski definition) is 4. The van der Waals surface area contributed by atoms with E-state index in [9.17, 15) is 0 Å². The Hall–Kier alpha value is -0.160. The fourth-order valence-corrected chi connectivity index (χ4v) is 1.09. The second kappa shape index (κ2) is 5.48. The predicted molar refractivity (Wildman–Crippen MR) is 49.1 cm³/mol. The molecule has 0 amide bonds. The molecule has 4 nitrogen and oxygen atoms in total. The predicted octanol–water partition coefficient (Wildman–Crippen LogP) is -1.09. The summed E-state index contributed by atoms with van der Waals surface area (Å²) in [4.78, 5) is 0. The summed E-state index contributed by atoms with van der Waals surface area (Å²) in [7, 11) is 0. The van der Waals surface area contributed by atoms with Crippen LogP contribution in [0.25, 0.3) is 0 Å². The minimum absolute atomic E-state index is 0.458. The fourth-order valence-electron chi connectivity index (χ4n) is 1.09. The first-order valence-corrected chi connectivity index (χ1v) is 4.61. The maximum atomic E-state index is 5.32. The van der Waals surface area contributed by atoms with Gasteiger partial charge in [0.15, 0.2) is 0 Å². The molecule has 2 unspecified atom stereocenters. The Morgan fingerprint density at radius 3 is 2.50 bits per heavy atom. The molecule has 1 aliphatic heterocycles. The van der Waals surface area contributed by atoms with E-state index < -0.39 is 0 Å². The van der Waals surface area contributed by atoms with E-state index in [1.54, 1.807) is 0 Å². The highest BCUT2D eigenvalue weighted by Gasteiger charge is 2.32. The molecule has 4 heteroatoms. The molecule has 1 saturated heterocycles. The third kappa shape index (κ3) is 4.01. The molecule has 1 heterocycles. The Morgan fingerprint density at radius 1 is 1.25 bits per heavy atom. The van der Waals surface area contributed by atoms with Gasteiger partial charge in [0.25, 0.3) is 0 Å². The first kappa shape index (κ1) is 9.92. The Balaban J connectivity index is 1.72. The smallest absolute Gasteiger partial charge is 0.0962 e. The van der Waals surface area contributed by atoms with Gasteiger partial charge in [-0.2, -0.15) is 0 Å². The Labute approximate surface area is 73.8 Å². The van der Waals surface area contributed by atoms with Gasteiger partial charge in [0.2, 0.25) is 0 Å². The maximum Gasteiger partial charge on any atom is 0.0962 e. The number of epoxide rings is 1. The van der Waals surface area contributed by atoms with Crippen molar-refractivity contribution in [2.24, 2.45) is 5.73 Å². The van der Waals surface area contributed by atoms with Crippen LogP contribution in [-0.2, 0) is 4.74 Å². The van der Waals surface area contributed by atoms with Crippen molar-refractivity contribution in [1.82, 2.24) is 10.6 Å². The standard InChI is InChI=1S/C8H19N3O/c1-7-8(12-7)6-11-5-4-10-3-2-9/h7-8,10-11H,2-6,9H2,1H3. The van der Waals surface area contributed by atoms with Gasteiger partial charge >= 0.3 is 0 Å². The fraction of sp³-hybridized carbons (Fsp3) is 1.00.